The van der Waals surface area contributed by atoms with Crippen LogP contribution in [0.2, 0.25) is 0 Å². The Labute approximate surface area is 99.1 Å². The summed E-state index contributed by atoms with van der Waals surface area (Å²) < 4.78 is 5.11. The van der Waals surface area contributed by atoms with Crippen molar-refractivity contribution in [3.63, 3.8) is 0 Å². The average molecular weight is 224 g/mol. The van der Waals surface area contributed by atoms with Gasteiger partial charge >= 0.3 is 0 Å². The van der Waals surface area contributed by atoms with Crippen LogP contribution in [0.15, 0.2) is 48.7 Å². The van der Waals surface area contributed by atoms with E-state index in [1.165, 1.54) is 5.56 Å². The number of hydrogen-bond acceptors (Lipinski definition) is 2. The van der Waals surface area contributed by atoms with Gasteiger partial charge in [0.1, 0.15) is 5.65 Å². The predicted octanol–water partition coefficient (Wildman–Crippen LogP) is 3.24. The van der Waals surface area contributed by atoms with Crippen LogP contribution < -0.4 is 4.74 Å². The van der Waals surface area contributed by atoms with Crippen molar-refractivity contribution in [3.05, 3.63) is 48.7 Å². The lowest BCUT2D eigenvalue weighted by molar-refractivity contribution is 0.399. The fraction of sp³-hybridized carbons (Fsp3) is 0.0714. The van der Waals surface area contributed by atoms with E-state index in [0.29, 0.717) is 5.88 Å². The summed E-state index contributed by atoms with van der Waals surface area (Å²) in [5.74, 6) is 0.624. The molecule has 0 saturated heterocycles. The van der Waals surface area contributed by atoms with Gasteiger partial charge in [0, 0.05) is 23.2 Å². The van der Waals surface area contributed by atoms with Crippen molar-refractivity contribution in [2.24, 2.45) is 0 Å². The minimum absolute atomic E-state index is 0.624. The molecular formula is C14H12N2O. The second kappa shape index (κ2) is 3.94. The van der Waals surface area contributed by atoms with Gasteiger partial charge in [-0.3, -0.25) is 0 Å². The molecule has 84 valence electrons. The lowest BCUT2D eigenvalue weighted by atomic mass is 10.1. The van der Waals surface area contributed by atoms with E-state index in [-0.39, 0.29) is 0 Å². The maximum atomic E-state index is 5.11. The van der Waals surface area contributed by atoms with E-state index in [1.807, 2.05) is 36.5 Å². The summed E-state index contributed by atoms with van der Waals surface area (Å²) in [5.41, 5.74) is 3.20. The quantitative estimate of drug-likeness (QED) is 0.725. The molecule has 0 aliphatic carbocycles. The van der Waals surface area contributed by atoms with Crippen LogP contribution in [0.3, 0.4) is 0 Å². The normalized spacial score (nSPS) is 10.6. The molecule has 3 aromatic rings. The first-order chi connectivity index (χ1) is 8.38. The van der Waals surface area contributed by atoms with Gasteiger partial charge in [0.05, 0.1) is 7.11 Å². The Hall–Kier alpha value is -2.29. The van der Waals surface area contributed by atoms with Crippen LogP contribution in [-0.4, -0.2) is 17.1 Å². The number of methoxy groups -OCH3 is 1. The highest BCUT2D eigenvalue weighted by molar-refractivity contribution is 5.93. The molecule has 0 aliphatic rings. The summed E-state index contributed by atoms with van der Waals surface area (Å²) >= 11 is 0. The number of H-pyrrole nitrogens is 1. The molecule has 0 aliphatic heterocycles. The number of nitrogens with one attached hydrogen (secondary N) is 1. The van der Waals surface area contributed by atoms with Crippen LogP contribution in [0.25, 0.3) is 22.2 Å². The van der Waals surface area contributed by atoms with Crippen LogP contribution in [0.5, 0.6) is 5.88 Å². The summed E-state index contributed by atoms with van der Waals surface area (Å²) in [5, 5.41) is 1.11. The Morgan fingerprint density at radius 3 is 2.65 bits per heavy atom. The number of fused-ring (bicyclic) bond motifs is 1. The molecule has 1 aromatic carbocycles. The minimum atomic E-state index is 0.624. The van der Waals surface area contributed by atoms with Crippen LogP contribution >= 0.6 is 0 Å². The number of ether oxygens (including phenoxy) is 1. The van der Waals surface area contributed by atoms with Crippen molar-refractivity contribution in [3.8, 4) is 17.0 Å². The van der Waals surface area contributed by atoms with Gasteiger partial charge in [0.25, 0.3) is 0 Å². The van der Waals surface area contributed by atoms with E-state index in [9.17, 15) is 0 Å². The molecule has 0 fully saturated rings. The topological polar surface area (TPSA) is 37.9 Å². The molecule has 0 atom stereocenters. The second-order valence-corrected chi connectivity index (χ2v) is 3.82. The summed E-state index contributed by atoms with van der Waals surface area (Å²) in [6, 6.07) is 14.2. The maximum absolute atomic E-state index is 5.11. The second-order valence-electron chi connectivity index (χ2n) is 3.82. The summed E-state index contributed by atoms with van der Waals surface area (Å²) in [7, 11) is 1.62. The Morgan fingerprint density at radius 2 is 1.88 bits per heavy atom. The first-order valence-electron chi connectivity index (χ1n) is 5.46. The molecule has 3 heteroatoms. The van der Waals surface area contributed by atoms with Crippen LogP contribution in [0.4, 0.5) is 0 Å². The molecule has 0 radical (unpaired) electrons. The van der Waals surface area contributed by atoms with Crippen molar-refractivity contribution in [1.29, 1.82) is 0 Å². The van der Waals surface area contributed by atoms with E-state index >= 15 is 0 Å². The summed E-state index contributed by atoms with van der Waals surface area (Å²) in [4.78, 5) is 7.53. The molecule has 3 nitrogen and oxygen atoms in total. The van der Waals surface area contributed by atoms with Gasteiger partial charge in [-0.1, -0.05) is 30.3 Å². The fourth-order valence-electron chi connectivity index (χ4n) is 1.96. The summed E-state index contributed by atoms with van der Waals surface area (Å²) in [6.45, 7) is 0. The van der Waals surface area contributed by atoms with Gasteiger partial charge < -0.3 is 9.72 Å². The van der Waals surface area contributed by atoms with Crippen molar-refractivity contribution in [2.45, 2.75) is 0 Å². The highest BCUT2D eigenvalue weighted by Crippen LogP contribution is 2.28. The Balaban J connectivity index is 2.19. The summed E-state index contributed by atoms with van der Waals surface area (Å²) in [6.07, 6.45) is 1.98. The Bertz CT molecular complexity index is 644. The van der Waals surface area contributed by atoms with Gasteiger partial charge in [0.2, 0.25) is 5.88 Å². The smallest absolute Gasteiger partial charge is 0.214 e. The lowest BCUT2D eigenvalue weighted by Crippen LogP contribution is -1.86. The highest BCUT2D eigenvalue weighted by atomic mass is 16.5. The van der Waals surface area contributed by atoms with E-state index in [4.69, 9.17) is 4.74 Å². The van der Waals surface area contributed by atoms with Crippen molar-refractivity contribution in [2.75, 3.05) is 7.11 Å². The fourth-order valence-corrected chi connectivity index (χ4v) is 1.96. The van der Waals surface area contributed by atoms with Crippen LogP contribution in [0.1, 0.15) is 0 Å². The SMILES string of the molecule is COc1ccc2c(-c3ccccc3)c[nH]c2n1. The lowest BCUT2D eigenvalue weighted by Gasteiger charge is -2.00. The van der Waals surface area contributed by atoms with Gasteiger partial charge in [-0.2, -0.15) is 4.98 Å². The Morgan fingerprint density at radius 1 is 1.06 bits per heavy atom. The number of benzene rings is 1. The minimum Gasteiger partial charge on any atom is -0.481 e. The number of hydrogen-bond donors (Lipinski definition) is 1. The standard InChI is InChI=1S/C14H12N2O/c1-17-13-8-7-11-12(9-15-14(11)16-13)10-5-3-2-4-6-10/h2-9H,1H3,(H,15,16). The highest BCUT2D eigenvalue weighted by Gasteiger charge is 2.07. The largest absolute Gasteiger partial charge is 0.481 e. The third kappa shape index (κ3) is 1.65. The van der Waals surface area contributed by atoms with Crippen molar-refractivity contribution >= 4 is 11.0 Å². The number of rotatable bonds is 2. The Kier molecular flexibility index (Phi) is 2.29. The predicted molar refractivity (Wildman–Crippen MR) is 68.1 cm³/mol. The van der Waals surface area contributed by atoms with Gasteiger partial charge in [-0.25, -0.2) is 0 Å². The van der Waals surface area contributed by atoms with Gasteiger partial charge in [-0.15, -0.1) is 0 Å². The third-order valence-corrected chi connectivity index (χ3v) is 2.81. The molecule has 0 unspecified atom stereocenters. The molecule has 1 N–H and O–H groups in total. The monoisotopic (exact) mass is 224 g/mol. The van der Waals surface area contributed by atoms with E-state index in [0.717, 1.165) is 16.6 Å². The molecule has 2 aromatic heterocycles. The van der Waals surface area contributed by atoms with E-state index in [1.54, 1.807) is 7.11 Å². The van der Waals surface area contributed by atoms with Crippen LogP contribution in [-0.2, 0) is 0 Å². The average Bonchev–Trinajstić information content (AvgIpc) is 2.82. The molecule has 0 saturated carbocycles. The number of pyridine rings is 1. The first kappa shape index (κ1) is 9.90. The van der Waals surface area contributed by atoms with E-state index < -0.39 is 0 Å². The van der Waals surface area contributed by atoms with Crippen LogP contribution in [0, 0.1) is 0 Å². The molecule has 2 heterocycles. The molecule has 3 rings (SSSR count). The van der Waals surface area contributed by atoms with Crippen molar-refractivity contribution < 1.29 is 4.74 Å². The molecular weight excluding hydrogens is 212 g/mol. The zero-order valence-corrected chi connectivity index (χ0v) is 9.47. The third-order valence-electron chi connectivity index (χ3n) is 2.81. The molecule has 0 amide bonds. The zero-order chi connectivity index (χ0) is 11.7. The van der Waals surface area contributed by atoms with Gasteiger partial charge in [0.15, 0.2) is 0 Å². The number of aromatic amines is 1. The van der Waals surface area contributed by atoms with Crippen molar-refractivity contribution in [1.82, 2.24) is 9.97 Å². The molecule has 0 spiro atoms. The first-order valence-corrected chi connectivity index (χ1v) is 5.46. The number of nitrogens with zero attached hydrogens (tertiary/aromatic N) is 1. The zero-order valence-electron chi connectivity index (χ0n) is 9.47. The van der Waals surface area contributed by atoms with E-state index in [2.05, 4.69) is 22.1 Å². The molecule has 0 bridgehead atoms. The maximum Gasteiger partial charge on any atom is 0.214 e. The van der Waals surface area contributed by atoms with Gasteiger partial charge in [-0.05, 0) is 11.6 Å². The molecule has 17 heavy (non-hydrogen) atoms. The number of aromatic nitrogens is 2.